The average molecular weight is 280 g/mol. The van der Waals surface area contributed by atoms with E-state index in [1.165, 1.54) is 16.7 Å². The lowest BCUT2D eigenvalue weighted by molar-refractivity contribution is -0.384. The molecule has 0 amide bonds. The molecule has 0 aliphatic rings. The predicted octanol–water partition coefficient (Wildman–Crippen LogP) is 4.21. The number of aromatic nitrogens is 1. The summed E-state index contributed by atoms with van der Waals surface area (Å²) in [6.07, 6.45) is 1.98. The fourth-order valence-corrected chi connectivity index (χ4v) is 2.80. The number of hydrogen-bond donors (Lipinski definition) is 0. The van der Waals surface area contributed by atoms with Gasteiger partial charge >= 0.3 is 0 Å². The number of nitro benzene ring substituents is 1. The highest BCUT2D eigenvalue weighted by atomic mass is 16.6. The van der Waals surface area contributed by atoms with Crippen molar-refractivity contribution >= 4 is 16.6 Å². The third-order valence-electron chi connectivity index (χ3n) is 3.60. The Morgan fingerprint density at radius 2 is 1.76 bits per heavy atom. The first-order chi connectivity index (χ1) is 10.0. The van der Waals surface area contributed by atoms with Gasteiger partial charge in [0.05, 0.1) is 4.92 Å². The van der Waals surface area contributed by atoms with Crippen molar-refractivity contribution in [3.05, 3.63) is 75.5 Å². The van der Waals surface area contributed by atoms with Crippen LogP contribution in [0.3, 0.4) is 0 Å². The molecule has 0 aliphatic heterocycles. The summed E-state index contributed by atoms with van der Waals surface area (Å²) in [6, 6.07) is 13.4. The van der Waals surface area contributed by atoms with E-state index in [0.717, 1.165) is 17.4 Å². The van der Waals surface area contributed by atoms with Gasteiger partial charge in [-0.25, -0.2) is 0 Å². The zero-order valence-electron chi connectivity index (χ0n) is 12.0. The number of fused-ring (bicyclic) bond motifs is 1. The van der Waals surface area contributed by atoms with Gasteiger partial charge in [0, 0.05) is 35.8 Å². The molecule has 4 nitrogen and oxygen atoms in total. The fraction of sp³-hybridized carbons (Fsp3) is 0.176. The van der Waals surface area contributed by atoms with Crippen LogP contribution in [0.25, 0.3) is 10.9 Å². The zero-order chi connectivity index (χ0) is 15.0. The predicted molar refractivity (Wildman–Crippen MR) is 83.6 cm³/mol. The molecule has 4 heteroatoms. The topological polar surface area (TPSA) is 48.1 Å². The fourth-order valence-electron chi connectivity index (χ4n) is 2.80. The van der Waals surface area contributed by atoms with Gasteiger partial charge in [-0.15, -0.1) is 0 Å². The average Bonchev–Trinajstić information content (AvgIpc) is 2.80. The maximum atomic E-state index is 10.8. The van der Waals surface area contributed by atoms with Crippen LogP contribution < -0.4 is 0 Å². The Kier molecular flexibility index (Phi) is 3.22. The largest absolute Gasteiger partial charge is 0.343 e. The molecule has 0 saturated heterocycles. The monoisotopic (exact) mass is 280 g/mol. The van der Waals surface area contributed by atoms with E-state index in [9.17, 15) is 10.1 Å². The molecule has 106 valence electrons. The number of nitrogens with zero attached hydrogens (tertiary/aromatic N) is 2. The molecular formula is C17H16N2O2. The first-order valence-electron chi connectivity index (χ1n) is 6.83. The van der Waals surface area contributed by atoms with Crippen molar-refractivity contribution in [1.82, 2.24) is 4.57 Å². The summed E-state index contributed by atoms with van der Waals surface area (Å²) in [4.78, 5) is 10.5. The standard InChI is InChI=1S/C17H16N2O2/c1-12-7-13(2)9-14(8-12)11-18-6-5-15-10-16(19(20)21)3-4-17(15)18/h3-10H,11H2,1-2H3. The molecule has 21 heavy (non-hydrogen) atoms. The molecule has 1 aromatic heterocycles. The quantitative estimate of drug-likeness (QED) is 0.533. The van der Waals surface area contributed by atoms with Gasteiger partial charge < -0.3 is 4.57 Å². The smallest absolute Gasteiger partial charge is 0.270 e. The normalized spacial score (nSPS) is 11.0. The van der Waals surface area contributed by atoms with Gasteiger partial charge in [-0.2, -0.15) is 0 Å². The molecule has 3 rings (SSSR count). The first kappa shape index (κ1) is 13.4. The Labute approximate surface area is 122 Å². The van der Waals surface area contributed by atoms with Crippen LogP contribution in [-0.2, 0) is 6.54 Å². The molecule has 2 aromatic carbocycles. The number of rotatable bonds is 3. The van der Waals surface area contributed by atoms with Crippen molar-refractivity contribution in [2.45, 2.75) is 20.4 Å². The summed E-state index contributed by atoms with van der Waals surface area (Å²) < 4.78 is 2.12. The summed E-state index contributed by atoms with van der Waals surface area (Å²) in [6.45, 7) is 4.95. The minimum atomic E-state index is -0.360. The summed E-state index contributed by atoms with van der Waals surface area (Å²) in [7, 11) is 0. The first-order valence-corrected chi connectivity index (χ1v) is 6.83. The van der Waals surface area contributed by atoms with Crippen molar-refractivity contribution in [1.29, 1.82) is 0 Å². The van der Waals surface area contributed by atoms with Crippen molar-refractivity contribution in [2.24, 2.45) is 0 Å². The Bertz CT molecular complexity index is 814. The Morgan fingerprint density at radius 1 is 1.05 bits per heavy atom. The molecule has 0 unspecified atom stereocenters. The Hall–Kier alpha value is -2.62. The molecule has 3 aromatic rings. The van der Waals surface area contributed by atoms with E-state index in [-0.39, 0.29) is 10.6 Å². The van der Waals surface area contributed by atoms with E-state index in [4.69, 9.17) is 0 Å². The number of benzene rings is 2. The number of nitro groups is 1. The molecule has 0 aliphatic carbocycles. The Morgan fingerprint density at radius 3 is 2.43 bits per heavy atom. The SMILES string of the molecule is Cc1cc(C)cc(Cn2ccc3cc([N+](=O)[O-])ccc32)c1. The number of hydrogen-bond acceptors (Lipinski definition) is 2. The van der Waals surface area contributed by atoms with E-state index in [1.54, 1.807) is 12.1 Å². The summed E-state index contributed by atoms with van der Waals surface area (Å²) in [5.41, 5.74) is 4.88. The second-order valence-corrected chi connectivity index (χ2v) is 5.44. The van der Waals surface area contributed by atoms with Crippen LogP contribution in [0, 0.1) is 24.0 Å². The van der Waals surface area contributed by atoms with Gasteiger partial charge in [-0.3, -0.25) is 10.1 Å². The zero-order valence-corrected chi connectivity index (χ0v) is 12.0. The van der Waals surface area contributed by atoms with Gasteiger partial charge in [0.2, 0.25) is 0 Å². The van der Waals surface area contributed by atoms with Gasteiger partial charge in [0.15, 0.2) is 0 Å². The molecule has 0 saturated carbocycles. The van der Waals surface area contributed by atoms with Gasteiger partial charge in [-0.1, -0.05) is 29.3 Å². The minimum Gasteiger partial charge on any atom is -0.343 e. The lowest BCUT2D eigenvalue weighted by Gasteiger charge is -2.08. The van der Waals surface area contributed by atoms with Crippen LogP contribution in [-0.4, -0.2) is 9.49 Å². The van der Waals surface area contributed by atoms with Crippen molar-refractivity contribution < 1.29 is 4.92 Å². The van der Waals surface area contributed by atoms with E-state index >= 15 is 0 Å². The third-order valence-corrected chi connectivity index (χ3v) is 3.60. The van der Waals surface area contributed by atoms with Crippen molar-refractivity contribution in [2.75, 3.05) is 0 Å². The van der Waals surface area contributed by atoms with E-state index in [0.29, 0.717) is 0 Å². The van der Waals surface area contributed by atoms with Crippen LogP contribution in [0.2, 0.25) is 0 Å². The van der Waals surface area contributed by atoms with Crippen LogP contribution in [0.5, 0.6) is 0 Å². The van der Waals surface area contributed by atoms with Crippen LogP contribution in [0.4, 0.5) is 5.69 Å². The summed E-state index contributed by atoms with van der Waals surface area (Å²) in [5.74, 6) is 0. The second kappa shape index (κ2) is 5.05. The highest BCUT2D eigenvalue weighted by Gasteiger charge is 2.09. The van der Waals surface area contributed by atoms with Crippen molar-refractivity contribution in [3.8, 4) is 0 Å². The van der Waals surface area contributed by atoms with Gasteiger partial charge in [0.25, 0.3) is 5.69 Å². The van der Waals surface area contributed by atoms with E-state index in [2.05, 4.69) is 36.6 Å². The molecule has 1 heterocycles. The molecule has 0 radical (unpaired) electrons. The van der Waals surface area contributed by atoms with Crippen LogP contribution in [0.15, 0.2) is 48.7 Å². The van der Waals surface area contributed by atoms with Crippen molar-refractivity contribution in [3.63, 3.8) is 0 Å². The molecule has 0 N–H and O–H groups in total. The number of aryl methyl sites for hydroxylation is 2. The second-order valence-electron chi connectivity index (χ2n) is 5.44. The van der Waals surface area contributed by atoms with Crippen LogP contribution >= 0.6 is 0 Å². The van der Waals surface area contributed by atoms with Gasteiger partial charge in [0.1, 0.15) is 0 Å². The highest BCUT2D eigenvalue weighted by molar-refractivity contribution is 5.82. The Balaban J connectivity index is 1.99. The molecule has 0 fully saturated rings. The maximum Gasteiger partial charge on any atom is 0.270 e. The summed E-state index contributed by atoms with van der Waals surface area (Å²) in [5, 5.41) is 11.7. The third kappa shape index (κ3) is 2.65. The minimum absolute atomic E-state index is 0.131. The summed E-state index contributed by atoms with van der Waals surface area (Å²) >= 11 is 0. The molecule has 0 bridgehead atoms. The van der Waals surface area contributed by atoms with Crippen LogP contribution in [0.1, 0.15) is 16.7 Å². The van der Waals surface area contributed by atoms with E-state index < -0.39 is 0 Å². The highest BCUT2D eigenvalue weighted by Crippen LogP contribution is 2.23. The molecule has 0 atom stereocenters. The lowest BCUT2D eigenvalue weighted by Crippen LogP contribution is -1.99. The molecular weight excluding hydrogens is 264 g/mol. The maximum absolute atomic E-state index is 10.8. The molecule has 0 spiro atoms. The number of non-ortho nitro benzene ring substituents is 1. The lowest BCUT2D eigenvalue weighted by atomic mass is 10.1. The van der Waals surface area contributed by atoms with Gasteiger partial charge in [-0.05, 0) is 31.5 Å². The van der Waals surface area contributed by atoms with E-state index in [1.807, 2.05) is 18.3 Å².